The van der Waals surface area contributed by atoms with Gasteiger partial charge in [0.25, 0.3) is 0 Å². The Morgan fingerprint density at radius 1 is 1.30 bits per heavy atom. The number of anilines is 1. The smallest absolute Gasteiger partial charge is 0.193 e. The van der Waals surface area contributed by atoms with Crippen LogP contribution in [0.3, 0.4) is 0 Å². The van der Waals surface area contributed by atoms with Crippen LogP contribution in [0, 0.1) is 13.8 Å². The Morgan fingerprint density at radius 2 is 1.96 bits per heavy atom. The highest BCUT2D eigenvalue weighted by molar-refractivity contribution is 14.0. The Balaban J connectivity index is 0.00000264. The minimum absolute atomic E-state index is 0. The number of ether oxygens (including phenoxy) is 1. The van der Waals surface area contributed by atoms with Crippen LogP contribution in [0.1, 0.15) is 30.8 Å². The number of hydrogen-bond acceptors (Lipinski definition) is 3. The fraction of sp³-hybridized carbons (Fsp3) is 0.375. The van der Waals surface area contributed by atoms with Gasteiger partial charge in [0.15, 0.2) is 5.96 Å². The Labute approximate surface area is 153 Å². The van der Waals surface area contributed by atoms with Crippen LogP contribution in [0.5, 0.6) is 5.75 Å². The van der Waals surface area contributed by atoms with Gasteiger partial charge in [0.05, 0.1) is 18.3 Å². The summed E-state index contributed by atoms with van der Waals surface area (Å²) in [6, 6.07) is 7.63. The van der Waals surface area contributed by atoms with E-state index < -0.39 is 0 Å². The Morgan fingerprint density at radius 3 is 2.48 bits per heavy atom. The zero-order valence-corrected chi connectivity index (χ0v) is 16.2. The van der Waals surface area contributed by atoms with E-state index in [0.717, 1.165) is 28.4 Å². The third-order valence-electron chi connectivity index (χ3n) is 3.19. The van der Waals surface area contributed by atoms with Gasteiger partial charge >= 0.3 is 0 Å². The maximum absolute atomic E-state index is 5.92. The molecule has 23 heavy (non-hydrogen) atoms. The monoisotopic (exact) mass is 429 g/mol. The maximum atomic E-state index is 5.92. The van der Waals surface area contributed by atoms with Gasteiger partial charge in [0.1, 0.15) is 5.75 Å². The van der Waals surface area contributed by atoms with Crippen molar-refractivity contribution in [3.05, 3.63) is 41.2 Å². The quantitative estimate of drug-likeness (QED) is 0.387. The third kappa shape index (κ3) is 5.74. The summed E-state index contributed by atoms with van der Waals surface area (Å²) >= 11 is 0. The number of hydrogen-bond donors (Lipinski definition) is 3. The molecule has 1 aromatic carbocycles. The number of guanidine groups is 1. The van der Waals surface area contributed by atoms with Crippen LogP contribution in [0.25, 0.3) is 0 Å². The number of aromatic nitrogens is 2. The number of H-pyrrole nitrogens is 1. The molecule has 0 saturated carbocycles. The molecule has 0 saturated heterocycles. The molecular weight excluding hydrogens is 405 g/mol. The highest BCUT2D eigenvalue weighted by Gasteiger charge is 2.05. The molecule has 2 rings (SSSR count). The first kappa shape index (κ1) is 19.3. The minimum atomic E-state index is 0. The van der Waals surface area contributed by atoms with Crippen LogP contribution in [0.2, 0.25) is 0 Å². The zero-order valence-electron chi connectivity index (χ0n) is 13.9. The molecule has 0 amide bonds. The lowest BCUT2D eigenvalue weighted by molar-refractivity contribution is 0.242. The van der Waals surface area contributed by atoms with E-state index in [1.54, 1.807) is 0 Å². The number of benzene rings is 1. The van der Waals surface area contributed by atoms with Crippen LogP contribution in [0.15, 0.2) is 29.3 Å². The van der Waals surface area contributed by atoms with Gasteiger partial charge in [0, 0.05) is 16.9 Å². The van der Waals surface area contributed by atoms with Crippen molar-refractivity contribution in [2.75, 3.05) is 5.32 Å². The molecule has 126 valence electrons. The number of aromatic amines is 1. The van der Waals surface area contributed by atoms with Gasteiger partial charge in [-0.15, -0.1) is 24.0 Å². The molecule has 0 unspecified atom stereocenters. The second-order valence-corrected chi connectivity index (χ2v) is 5.43. The van der Waals surface area contributed by atoms with Crippen molar-refractivity contribution in [2.45, 2.75) is 40.3 Å². The molecular formula is C16H24IN5O. The van der Waals surface area contributed by atoms with E-state index in [4.69, 9.17) is 10.5 Å². The maximum Gasteiger partial charge on any atom is 0.193 e. The van der Waals surface area contributed by atoms with E-state index in [2.05, 4.69) is 20.5 Å². The number of nitrogens with two attached hydrogens (primary N) is 1. The summed E-state index contributed by atoms with van der Waals surface area (Å²) in [5, 5.41) is 10.1. The van der Waals surface area contributed by atoms with Crippen LogP contribution < -0.4 is 15.8 Å². The second kappa shape index (κ2) is 8.76. The lowest BCUT2D eigenvalue weighted by Crippen LogP contribution is -2.22. The molecule has 0 radical (unpaired) electrons. The van der Waals surface area contributed by atoms with Crippen LogP contribution in [-0.2, 0) is 6.54 Å². The van der Waals surface area contributed by atoms with Gasteiger partial charge in [0.2, 0.25) is 0 Å². The average molecular weight is 429 g/mol. The molecule has 1 aromatic heterocycles. The number of aryl methyl sites for hydroxylation is 2. The van der Waals surface area contributed by atoms with Gasteiger partial charge in [-0.3, -0.25) is 5.10 Å². The third-order valence-corrected chi connectivity index (χ3v) is 3.19. The van der Waals surface area contributed by atoms with E-state index in [0.29, 0.717) is 12.5 Å². The lowest BCUT2D eigenvalue weighted by Gasteiger charge is -2.11. The summed E-state index contributed by atoms with van der Waals surface area (Å²) < 4.78 is 5.60. The molecule has 6 nitrogen and oxygen atoms in total. The van der Waals surface area contributed by atoms with E-state index in [-0.39, 0.29) is 30.1 Å². The number of nitrogens with zero attached hydrogens (tertiary/aromatic N) is 2. The highest BCUT2D eigenvalue weighted by atomic mass is 127. The molecule has 0 aliphatic rings. The van der Waals surface area contributed by atoms with E-state index in [1.807, 2.05) is 52.0 Å². The summed E-state index contributed by atoms with van der Waals surface area (Å²) in [7, 11) is 0. The van der Waals surface area contributed by atoms with Gasteiger partial charge < -0.3 is 15.8 Å². The van der Waals surface area contributed by atoms with Gasteiger partial charge in [-0.25, -0.2) is 4.99 Å². The topological polar surface area (TPSA) is 88.3 Å². The van der Waals surface area contributed by atoms with Gasteiger partial charge in [-0.1, -0.05) is 0 Å². The van der Waals surface area contributed by atoms with Crippen molar-refractivity contribution in [3.8, 4) is 5.75 Å². The number of aliphatic imine (C=N–C) groups is 1. The first-order chi connectivity index (χ1) is 10.5. The molecule has 0 aliphatic carbocycles. The normalized spacial score (nSPS) is 11.3. The summed E-state index contributed by atoms with van der Waals surface area (Å²) in [5.41, 5.74) is 9.83. The van der Waals surface area contributed by atoms with Crippen molar-refractivity contribution < 1.29 is 4.74 Å². The van der Waals surface area contributed by atoms with E-state index >= 15 is 0 Å². The highest BCUT2D eigenvalue weighted by Crippen LogP contribution is 2.17. The molecule has 1 heterocycles. The zero-order chi connectivity index (χ0) is 16.1. The Bertz CT molecular complexity index is 629. The first-order valence-electron chi connectivity index (χ1n) is 7.30. The molecule has 0 aliphatic heterocycles. The predicted molar refractivity (Wildman–Crippen MR) is 105 cm³/mol. The Hall–Kier alpha value is -1.77. The summed E-state index contributed by atoms with van der Waals surface area (Å²) in [6.07, 6.45) is 0.159. The fourth-order valence-corrected chi connectivity index (χ4v) is 2.05. The van der Waals surface area contributed by atoms with Crippen molar-refractivity contribution in [1.82, 2.24) is 10.2 Å². The van der Waals surface area contributed by atoms with Crippen LogP contribution in [-0.4, -0.2) is 22.3 Å². The molecule has 0 fully saturated rings. The SMILES string of the molecule is Cc1n[nH]c(C)c1CN=C(N)Nc1ccc(OC(C)C)cc1.I. The van der Waals surface area contributed by atoms with Crippen LogP contribution >= 0.6 is 24.0 Å². The van der Waals surface area contributed by atoms with Crippen molar-refractivity contribution >= 4 is 35.6 Å². The first-order valence-corrected chi connectivity index (χ1v) is 7.30. The van der Waals surface area contributed by atoms with Crippen LogP contribution in [0.4, 0.5) is 5.69 Å². The summed E-state index contributed by atoms with van der Waals surface area (Å²) in [5.74, 6) is 1.21. The summed E-state index contributed by atoms with van der Waals surface area (Å²) in [6.45, 7) is 8.42. The average Bonchev–Trinajstić information content (AvgIpc) is 2.77. The molecule has 2 aromatic rings. The summed E-state index contributed by atoms with van der Waals surface area (Å²) in [4.78, 5) is 4.35. The lowest BCUT2D eigenvalue weighted by atomic mass is 10.2. The van der Waals surface area contributed by atoms with Gasteiger partial charge in [-0.05, 0) is 52.0 Å². The van der Waals surface area contributed by atoms with Crippen molar-refractivity contribution in [2.24, 2.45) is 10.7 Å². The molecule has 0 spiro atoms. The standard InChI is InChI=1S/C16H23N5O.HI/c1-10(2)22-14-7-5-13(6-8-14)19-16(17)18-9-15-11(3)20-21-12(15)4;/h5-8,10H,9H2,1-4H3,(H,20,21)(H3,17,18,19);1H. The van der Waals surface area contributed by atoms with E-state index in [9.17, 15) is 0 Å². The van der Waals surface area contributed by atoms with Crippen molar-refractivity contribution in [3.63, 3.8) is 0 Å². The number of rotatable bonds is 5. The van der Waals surface area contributed by atoms with E-state index in [1.165, 1.54) is 0 Å². The fourth-order valence-electron chi connectivity index (χ4n) is 2.05. The Kier molecular flexibility index (Phi) is 7.34. The van der Waals surface area contributed by atoms with Gasteiger partial charge in [-0.2, -0.15) is 5.10 Å². The second-order valence-electron chi connectivity index (χ2n) is 5.43. The minimum Gasteiger partial charge on any atom is -0.491 e. The van der Waals surface area contributed by atoms with Crippen molar-refractivity contribution in [1.29, 1.82) is 0 Å². The molecule has 4 N–H and O–H groups in total. The number of halogens is 1. The predicted octanol–water partition coefficient (Wildman–Crippen LogP) is 3.36. The molecule has 7 heteroatoms. The largest absolute Gasteiger partial charge is 0.491 e. The molecule has 0 bridgehead atoms. The number of nitrogens with one attached hydrogen (secondary N) is 2. The molecule has 0 atom stereocenters.